The third kappa shape index (κ3) is 4.66. The van der Waals surface area contributed by atoms with Gasteiger partial charge in [-0.2, -0.15) is 8.78 Å². The molecule has 11 heteroatoms. The van der Waals surface area contributed by atoms with Gasteiger partial charge in [0.25, 0.3) is 5.91 Å². The van der Waals surface area contributed by atoms with Gasteiger partial charge in [0.2, 0.25) is 0 Å². The van der Waals surface area contributed by atoms with Gasteiger partial charge < -0.3 is 0 Å². The van der Waals surface area contributed by atoms with Crippen LogP contribution in [0.1, 0.15) is 16.1 Å². The van der Waals surface area contributed by atoms with Crippen molar-refractivity contribution in [2.75, 3.05) is 0 Å². The molecule has 0 unspecified atom stereocenters. The highest BCUT2D eigenvalue weighted by atomic mass is 19.3. The maximum absolute atomic E-state index is 12.1. The van der Waals surface area contributed by atoms with Crippen LogP contribution < -0.4 is 10.9 Å². The van der Waals surface area contributed by atoms with Gasteiger partial charge in [0.1, 0.15) is 5.69 Å². The van der Waals surface area contributed by atoms with Crippen molar-refractivity contribution in [3.8, 4) is 11.4 Å². The van der Waals surface area contributed by atoms with Crippen LogP contribution in [0.25, 0.3) is 11.4 Å². The predicted molar refractivity (Wildman–Crippen MR) is 88.2 cm³/mol. The number of amides is 2. The molecule has 2 amide bonds. The highest BCUT2D eigenvalue weighted by Crippen LogP contribution is 2.12. The zero-order valence-corrected chi connectivity index (χ0v) is 13.7. The topological polar surface area (TPSA) is 115 Å². The van der Waals surface area contributed by atoms with Crippen LogP contribution in [0.3, 0.4) is 0 Å². The Hall–Kier alpha value is -3.76. The summed E-state index contributed by atoms with van der Waals surface area (Å²) in [4.78, 5) is 30.8. The Labute approximate surface area is 151 Å². The van der Waals surface area contributed by atoms with Gasteiger partial charge in [0.15, 0.2) is 0 Å². The van der Waals surface area contributed by atoms with Gasteiger partial charge in [-0.3, -0.25) is 30.4 Å². The number of carbonyl (C=O) groups is 2. The number of hydrazine groups is 1. The molecule has 0 atom stereocenters. The number of hydrogen-bond donors (Lipinski definition) is 2. The Kier molecular flexibility index (Phi) is 5.40. The van der Waals surface area contributed by atoms with Gasteiger partial charge >= 0.3 is 12.3 Å². The van der Waals surface area contributed by atoms with E-state index in [9.17, 15) is 18.4 Å². The van der Waals surface area contributed by atoms with E-state index >= 15 is 0 Å². The van der Waals surface area contributed by atoms with Crippen molar-refractivity contribution >= 4 is 11.8 Å². The maximum atomic E-state index is 12.1. The summed E-state index contributed by atoms with van der Waals surface area (Å²) in [6, 6.07) is 8.48. The first-order valence-electron chi connectivity index (χ1n) is 7.68. The summed E-state index contributed by atoms with van der Waals surface area (Å²) in [5, 5.41) is 8.04. The lowest BCUT2D eigenvalue weighted by atomic mass is 10.2. The lowest BCUT2D eigenvalue weighted by molar-refractivity contribution is -0.132. The standard InChI is InChI=1S/C16H13F2N7O2/c17-14(18)16(27)23-22-15(26)10-4-5-11(20-7-10)8-25-9-13(21-24-25)12-3-1-2-6-19-12/h1-7,9,14H,8H2,(H,22,26)(H,23,27). The average molecular weight is 373 g/mol. The Morgan fingerprint density at radius 3 is 2.59 bits per heavy atom. The van der Waals surface area contributed by atoms with E-state index in [4.69, 9.17) is 0 Å². The minimum atomic E-state index is -3.22. The third-order valence-electron chi connectivity index (χ3n) is 3.37. The van der Waals surface area contributed by atoms with Crippen LogP contribution in [0.15, 0.2) is 48.9 Å². The van der Waals surface area contributed by atoms with Crippen molar-refractivity contribution in [1.82, 2.24) is 35.8 Å². The van der Waals surface area contributed by atoms with Crippen LogP contribution in [0, 0.1) is 0 Å². The molecule has 0 radical (unpaired) electrons. The second kappa shape index (κ2) is 8.08. The molecular formula is C16H13F2N7O2. The number of nitrogens with one attached hydrogen (secondary N) is 2. The van der Waals surface area contributed by atoms with Crippen molar-refractivity contribution in [3.63, 3.8) is 0 Å². The van der Waals surface area contributed by atoms with Crippen molar-refractivity contribution in [1.29, 1.82) is 0 Å². The first-order chi connectivity index (χ1) is 13.0. The van der Waals surface area contributed by atoms with E-state index in [-0.39, 0.29) is 5.56 Å². The number of hydrogen-bond acceptors (Lipinski definition) is 6. The van der Waals surface area contributed by atoms with Crippen LogP contribution in [-0.4, -0.2) is 43.2 Å². The largest absolute Gasteiger partial charge is 0.317 e. The van der Waals surface area contributed by atoms with E-state index in [0.717, 1.165) is 0 Å². The molecule has 2 N–H and O–H groups in total. The summed E-state index contributed by atoms with van der Waals surface area (Å²) in [5.74, 6) is -2.36. The third-order valence-corrected chi connectivity index (χ3v) is 3.37. The molecule has 138 valence electrons. The number of rotatable bonds is 5. The number of halogens is 2. The number of pyridine rings is 2. The average Bonchev–Trinajstić information content (AvgIpc) is 3.15. The highest BCUT2D eigenvalue weighted by molar-refractivity contribution is 5.95. The molecule has 0 spiro atoms. The summed E-state index contributed by atoms with van der Waals surface area (Å²) in [6.45, 7) is 0.309. The highest BCUT2D eigenvalue weighted by Gasteiger charge is 2.16. The summed E-state index contributed by atoms with van der Waals surface area (Å²) in [7, 11) is 0. The second-order valence-corrected chi connectivity index (χ2v) is 5.30. The summed E-state index contributed by atoms with van der Waals surface area (Å²) >= 11 is 0. The minimum absolute atomic E-state index is 0.0982. The Morgan fingerprint density at radius 2 is 1.93 bits per heavy atom. The maximum Gasteiger partial charge on any atom is 0.317 e. The normalized spacial score (nSPS) is 10.6. The van der Waals surface area contributed by atoms with Gasteiger partial charge in [-0.1, -0.05) is 11.3 Å². The summed E-state index contributed by atoms with van der Waals surface area (Å²) < 4.78 is 25.7. The Balaban J connectivity index is 1.60. The first kappa shape index (κ1) is 18.0. The van der Waals surface area contributed by atoms with Crippen LogP contribution in [0.2, 0.25) is 0 Å². The number of alkyl halides is 2. The van der Waals surface area contributed by atoms with Crippen molar-refractivity contribution < 1.29 is 18.4 Å². The summed E-state index contributed by atoms with van der Waals surface area (Å²) in [6.07, 6.45) is 1.41. The number of carbonyl (C=O) groups excluding carboxylic acids is 2. The van der Waals surface area contributed by atoms with Gasteiger partial charge in [-0.25, -0.2) is 4.68 Å². The molecular weight excluding hydrogens is 360 g/mol. The molecule has 3 heterocycles. The van der Waals surface area contributed by atoms with Crippen molar-refractivity contribution in [3.05, 3.63) is 60.2 Å². The van der Waals surface area contributed by atoms with Gasteiger partial charge in [-0.05, 0) is 24.3 Å². The molecule has 0 fully saturated rings. The van der Waals surface area contributed by atoms with E-state index in [1.165, 1.54) is 12.3 Å². The van der Waals surface area contributed by atoms with E-state index in [0.29, 0.717) is 23.6 Å². The van der Waals surface area contributed by atoms with Gasteiger partial charge in [0.05, 0.1) is 29.7 Å². The quantitative estimate of drug-likeness (QED) is 0.640. The van der Waals surface area contributed by atoms with Crippen molar-refractivity contribution in [2.45, 2.75) is 13.0 Å². The van der Waals surface area contributed by atoms with E-state index < -0.39 is 18.2 Å². The van der Waals surface area contributed by atoms with E-state index in [2.05, 4.69) is 20.3 Å². The molecule has 0 aliphatic carbocycles. The molecule has 27 heavy (non-hydrogen) atoms. The fourth-order valence-corrected chi connectivity index (χ4v) is 2.07. The van der Waals surface area contributed by atoms with Crippen LogP contribution in [-0.2, 0) is 11.3 Å². The fraction of sp³-hybridized carbons (Fsp3) is 0.125. The molecule has 0 saturated carbocycles. The first-order valence-corrected chi connectivity index (χ1v) is 7.68. The minimum Gasteiger partial charge on any atom is -0.267 e. The van der Waals surface area contributed by atoms with Gasteiger partial charge in [0, 0.05) is 12.4 Å². The SMILES string of the molecule is O=C(NNC(=O)C(F)F)c1ccc(Cn2cc(-c3ccccn3)nn2)nc1. The second-order valence-electron chi connectivity index (χ2n) is 5.30. The zero-order valence-electron chi connectivity index (χ0n) is 13.7. The molecule has 3 aromatic heterocycles. The molecule has 0 bridgehead atoms. The number of aromatic nitrogens is 5. The molecule has 0 aromatic carbocycles. The smallest absolute Gasteiger partial charge is 0.267 e. The lowest BCUT2D eigenvalue weighted by Crippen LogP contribution is -2.44. The Morgan fingerprint density at radius 1 is 1.07 bits per heavy atom. The van der Waals surface area contributed by atoms with Crippen molar-refractivity contribution in [2.24, 2.45) is 0 Å². The fourth-order valence-electron chi connectivity index (χ4n) is 2.07. The number of nitrogens with zero attached hydrogens (tertiary/aromatic N) is 5. The van der Waals surface area contributed by atoms with E-state index in [1.54, 1.807) is 34.6 Å². The predicted octanol–water partition coefficient (Wildman–Crippen LogP) is 0.809. The molecule has 0 saturated heterocycles. The molecule has 0 aliphatic rings. The van der Waals surface area contributed by atoms with Crippen LogP contribution in [0.5, 0.6) is 0 Å². The molecule has 0 aliphatic heterocycles. The van der Waals surface area contributed by atoms with Gasteiger partial charge in [-0.15, -0.1) is 5.10 Å². The monoisotopic (exact) mass is 373 g/mol. The Bertz CT molecular complexity index is 929. The van der Waals surface area contributed by atoms with Crippen LogP contribution in [0.4, 0.5) is 8.78 Å². The van der Waals surface area contributed by atoms with E-state index in [1.807, 2.05) is 17.6 Å². The molecule has 3 rings (SSSR count). The molecule has 9 nitrogen and oxygen atoms in total. The molecule has 3 aromatic rings. The van der Waals surface area contributed by atoms with Crippen LogP contribution >= 0.6 is 0 Å². The lowest BCUT2D eigenvalue weighted by Gasteiger charge is -2.07. The summed E-state index contributed by atoms with van der Waals surface area (Å²) in [5.41, 5.74) is 5.48. The zero-order chi connectivity index (χ0) is 19.2.